The smallest absolute Gasteiger partial charge is 0.303 e. The second kappa shape index (κ2) is 5.58. The number of fused-ring (bicyclic) bond motifs is 3. The highest BCUT2D eigenvalue weighted by Gasteiger charge is 2.48. The molecular formula is C19H26N4O2. The van der Waals surface area contributed by atoms with Gasteiger partial charge < -0.3 is 14.9 Å². The van der Waals surface area contributed by atoms with E-state index in [-0.39, 0.29) is 0 Å². The van der Waals surface area contributed by atoms with Crippen LogP contribution in [0.3, 0.4) is 0 Å². The lowest BCUT2D eigenvalue weighted by Gasteiger charge is -2.54. The van der Waals surface area contributed by atoms with Crippen LogP contribution in [-0.4, -0.2) is 46.7 Å². The van der Waals surface area contributed by atoms with Gasteiger partial charge in [-0.2, -0.15) is 4.98 Å². The molecule has 1 N–H and O–H groups in total. The Balaban J connectivity index is 1.42. The standard InChI is InChI=1S/C19H26N4O2/c1-11-5-6-23(11)19-20-16-4-2-3-14(16)18(21-19)22-9-12-7-13(10-22)15(12)8-17(24)25/h11-13,15H,2-10H2,1H3,(H,24,25)/t11?,12-,13+,15?. The Labute approximate surface area is 148 Å². The maximum atomic E-state index is 11.1. The largest absolute Gasteiger partial charge is 0.481 e. The quantitative estimate of drug-likeness (QED) is 0.904. The van der Waals surface area contributed by atoms with E-state index in [1.54, 1.807) is 0 Å². The van der Waals surface area contributed by atoms with Crippen LogP contribution in [0, 0.1) is 17.8 Å². The molecule has 25 heavy (non-hydrogen) atoms. The van der Waals surface area contributed by atoms with E-state index in [4.69, 9.17) is 15.1 Å². The predicted molar refractivity (Wildman–Crippen MR) is 95.0 cm³/mol. The lowest BCUT2D eigenvalue weighted by Crippen LogP contribution is -2.56. The van der Waals surface area contributed by atoms with Crippen molar-refractivity contribution in [2.75, 3.05) is 29.4 Å². The molecule has 4 heterocycles. The number of hydrogen-bond acceptors (Lipinski definition) is 5. The third kappa shape index (κ3) is 2.41. The fourth-order valence-electron chi connectivity index (χ4n) is 5.30. The molecule has 6 rings (SSSR count). The molecule has 2 unspecified atom stereocenters. The molecule has 3 saturated heterocycles. The topological polar surface area (TPSA) is 69.6 Å². The van der Waals surface area contributed by atoms with Gasteiger partial charge in [0.2, 0.25) is 5.95 Å². The first-order valence-corrected chi connectivity index (χ1v) is 9.73. The molecule has 6 heteroatoms. The maximum absolute atomic E-state index is 11.1. The molecule has 3 aliphatic heterocycles. The summed E-state index contributed by atoms with van der Waals surface area (Å²) < 4.78 is 0. The van der Waals surface area contributed by atoms with Gasteiger partial charge in [-0.3, -0.25) is 4.79 Å². The van der Waals surface area contributed by atoms with Crippen molar-refractivity contribution in [1.82, 2.24) is 9.97 Å². The summed E-state index contributed by atoms with van der Waals surface area (Å²) in [5, 5.41) is 9.13. The second-order valence-electron chi connectivity index (χ2n) is 8.38. The Morgan fingerprint density at radius 1 is 1.24 bits per heavy atom. The minimum absolute atomic E-state index is 0.335. The summed E-state index contributed by atoms with van der Waals surface area (Å²) in [5.41, 5.74) is 2.61. The van der Waals surface area contributed by atoms with Crippen LogP contribution in [0.2, 0.25) is 0 Å². The van der Waals surface area contributed by atoms with Gasteiger partial charge in [0.25, 0.3) is 0 Å². The fraction of sp³-hybridized carbons (Fsp3) is 0.737. The normalized spacial score (nSPS) is 32.8. The molecule has 0 aromatic carbocycles. The highest BCUT2D eigenvalue weighted by Crippen LogP contribution is 2.49. The van der Waals surface area contributed by atoms with Crippen molar-refractivity contribution in [3.63, 3.8) is 0 Å². The van der Waals surface area contributed by atoms with Crippen molar-refractivity contribution in [3.8, 4) is 0 Å². The molecule has 134 valence electrons. The minimum Gasteiger partial charge on any atom is -0.481 e. The number of aromatic nitrogens is 2. The van der Waals surface area contributed by atoms with E-state index in [2.05, 4.69) is 16.7 Å². The van der Waals surface area contributed by atoms with E-state index in [9.17, 15) is 4.79 Å². The van der Waals surface area contributed by atoms with Gasteiger partial charge in [0.1, 0.15) is 5.82 Å². The first kappa shape index (κ1) is 15.4. The molecule has 1 aromatic rings. The number of rotatable bonds is 4. The average Bonchev–Trinajstić information content (AvgIpc) is 3.06. The zero-order valence-corrected chi connectivity index (χ0v) is 14.8. The number of carboxylic acid groups (broad SMARTS) is 1. The average molecular weight is 342 g/mol. The molecule has 0 spiro atoms. The third-order valence-electron chi connectivity index (χ3n) is 6.91. The Morgan fingerprint density at radius 3 is 2.68 bits per heavy atom. The van der Waals surface area contributed by atoms with E-state index in [1.165, 1.54) is 30.5 Å². The van der Waals surface area contributed by atoms with E-state index >= 15 is 0 Å². The number of piperidine rings is 2. The number of aryl methyl sites for hydroxylation is 1. The van der Waals surface area contributed by atoms with E-state index < -0.39 is 5.97 Å². The Bertz CT molecular complexity index is 710. The molecule has 0 amide bonds. The van der Waals surface area contributed by atoms with E-state index in [0.29, 0.717) is 30.2 Å². The molecule has 4 fully saturated rings. The van der Waals surface area contributed by atoms with Crippen LogP contribution in [0.5, 0.6) is 0 Å². The van der Waals surface area contributed by atoms with Crippen LogP contribution in [0.1, 0.15) is 43.9 Å². The van der Waals surface area contributed by atoms with Gasteiger partial charge in [-0.25, -0.2) is 4.98 Å². The van der Waals surface area contributed by atoms with E-state index in [1.807, 2.05) is 0 Å². The molecule has 0 radical (unpaired) electrons. The molecule has 6 nitrogen and oxygen atoms in total. The van der Waals surface area contributed by atoms with Gasteiger partial charge in [-0.15, -0.1) is 0 Å². The van der Waals surface area contributed by atoms with Gasteiger partial charge in [-0.1, -0.05) is 0 Å². The van der Waals surface area contributed by atoms with Crippen molar-refractivity contribution < 1.29 is 9.90 Å². The summed E-state index contributed by atoms with van der Waals surface area (Å²) in [5.74, 6) is 2.83. The van der Waals surface area contributed by atoms with Crippen molar-refractivity contribution in [3.05, 3.63) is 11.3 Å². The minimum atomic E-state index is -0.648. The zero-order chi connectivity index (χ0) is 17.1. The first-order valence-electron chi connectivity index (χ1n) is 9.73. The summed E-state index contributed by atoms with van der Waals surface area (Å²) in [7, 11) is 0. The summed E-state index contributed by atoms with van der Waals surface area (Å²) in [6, 6.07) is 0.544. The first-order chi connectivity index (χ1) is 12.1. The SMILES string of the molecule is CC1CCN1c1nc2c(c(N3C[C@H]4C[C@@H](C3)C4CC(=O)O)n1)CCC2. The highest BCUT2D eigenvalue weighted by atomic mass is 16.4. The summed E-state index contributed by atoms with van der Waals surface area (Å²) >= 11 is 0. The Morgan fingerprint density at radius 2 is 2.04 bits per heavy atom. The lowest BCUT2D eigenvalue weighted by atomic mass is 9.60. The third-order valence-corrected chi connectivity index (χ3v) is 6.91. The van der Waals surface area contributed by atoms with Crippen molar-refractivity contribution in [2.45, 2.75) is 51.5 Å². The summed E-state index contributed by atoms with van der Waals surface area (Å²) in [6.45, 7) is 5.23. The molecule has 1 saturated carbocycles. The van der Waals surface area contributed by atoms with Gasteiger partial charge >= 0.3 is 5.97 Å². The Hall–Kier alpha value is -1.85. The number of hydrogen-bond donors (Lipinski definition) is 1. The lowest BCUT2D eigenvalue weighted by molar-refractivity contribution is -0.141. The Kier molecular flexibility index (Phi) is 3.44. The molecule has 5 aliphatic rings. The number of carboxylic acids is 1. The van der Waals surface area contributed by atoms with Gasteiger partial charge in [0, 0.05) is 37.7 Å². The number of carbonyl (C=O) groups is 1. The van der Waals surface area contributed by atoms with Gasteiger partial charge in [-0.05, 0) is 56.8 Å². The van der Waals surface area contributed by atoms with Crippen LogP contribution in [0.25, 0.3) is 0 Å². The van der Waals surface area contributed by atoms with Crippen LogP contribution in [-0.2, 0) is 17.6 Å². The predicted octanol–water partition coefficient (Wildman–Crippen LogP) is 2.11. The highest BCUT2D eigenvalue weighted by molar-refractivity contribution is 5.67. The van der Waals surface area contributed by atoms with Crippen LogP contribution in [0.15, 0.2) is 0 Å². The molecule has 2 bridgehead atoms. The number of nitrogens with zero attached hydrogens (tertiary/aromatic N) is 4. The van der Waals surface area contributed by atoms with Crippen LogP contribution >= 0.6 is 0 Å². The summed E-state index contributed by atoms with van der Waals surface area (Å²) in [4.78, 5) is 25.7. The number of anilines is 2. The number of aliphatic carboxylic acids is 1. The van der Waals surface area contributed by atoms with Gasteiger partial charge in [0.15, 0.2) is 0 Å². The molecular weight excluding hydrogens is 316 g/mol. The van der Waals surface area contributed by atoms with Crippen molar-refractivity contribution in [2.24, 2.45) is 17.8 Å². The second-order valence-corrected chi connectivity index (χ2v) is 8.38. The van der Waals surface area contributed by atoms with Crippen molar-refractivity contribution >= 4 is 17.7 Å². The van der Waals surface area contributed by atoms with Gasteiger partial charge in [0.05, 0.1) is 5.69 Å². The fourth-order valence-corrected chi connectivity index (χ4v) is 5.30. The van der Waals surface area contributed by atoms with Crippen molar-refractivity contribution in [1.29, 1.82) is 0 Å². The zero-order valence-electron chi connectivity index (χ0n) is 14.8. The molecule has 4 atom stereocenters. The molecule has 2 aliphatic carbocycles. The monoisotopic (exact) mass is 342 g/mol. The van der Waals surface area contributed by atoms with E-state index in [0.717, 1.165) is 44.2 Å². The van der Waals surface area contributed by atoms with Crippen LogP contribution in [0.4, 0.5) is 11.8 Å². The maximum Gasteiger partial charge on any atom is 0.303 e. The summed E-state index contributed by atoms with van der Waals surface area (Å²) in [6.07, 6.45) is 6.09. The molecule has 1 aromatic heterocycles. The van der Waals surface area contributed by atoms with Crippen LogP contribution < -0.4 is 9.80 Å².